The monoisotopic (exact) mass is 456 g/mol. The highest BCUT2D eigenvalue weighted by Gasteiger charge is 2.27. The van der Waals surface area contributed by atoms with Crippen LogP contribution in [-0.2, 0) is 21.4 Å². The maximum Gasteiger partial charge on any atom is 0.255 e. The average molecular weight is 457 g/mol. The molecule has 0 saturated carbocycles. The van der Waals surface area contributed by atoms with E-state index in [4.69, 9.17) is 11.6 Å². The van der Waals surface area contributed by atoms with Gasteiger partial charge in [0, 0.05) is 29.5 Å². The number of hydrogen-bond donors (Lipinski definition) is 1. The summed E-state index contributed by atoms with van der Waals surface area (Å²) in [4.78, 5) is 16.5. The van der Waals surface area contributed by atoms with Crippen LogP contribution >= 0.6 is 11.6 Å². The number of hydrazone groups is 1. The predicted molar refractivity (Wildman–Crippen MR) is 120 cm³/mol. The molecule has 160 valence electrons. The number of aryl methyl sites for hydroxylation is 1. The summed E-state index contributed by atoms with van der Waals surface area (Å²) in [5.41, 5.74) is 4.88. The van der Waals surface area contributed by atoms with Crippen molar-refractivity contribution >= 4 is 33.7 Å². The molecule has 0 atom stereocenters. The summed E-state index contributed by atoms with van der Waals surface area (Å²) in [7, 11) is -3.95. The van der Waals surface area contributed by atoms with E-state index < -0.39 is 22.5 Å². The van der Waals surface area contributed by atoms with E-state index in [1.807, 2.05) is 31.2 Å². The Hall–Kier alpha value is -3.07. The number of rotatable bonds is 8. The van der Waals surface area contributed by atoms with Gasteiger partial charge in [0.15, 0.2) is 0 Å². The van der Waals surface area contributed by atoms with Crippen LogP contribution in [0.1, 0.15) is 16.7 Å². The van der Waals surface area contributed by atoms with Crippen molar-refractivity contribution in [3.05, 3.63) is 94.8 Å². The number of nitrogens with zero attached hydrogens (tertiary/aromatic N) is 3. The van der Waals surface area contributed by atoms with Gasteiger partial charge in [0.2, 0.25) is 10.0 Å². The van der Waals surface area contributed by atoms with Crippen molar-refractivity contribution in [3.8, 4) is 0 Å². The standard InChI is InChI=1S/C22H21ClN4O3S/c1-17-4-6-18(7-5-17)15-27(31(29,30)21-10-8-20(23)9-11-21)16-22(28)26-25-14-19-3-2-12-24-13-19/h2-14H,15-16H2,1H3,(H,26,28)/b25-14-. The zero-order chi connectivity index (χ0) is 22.3. The fourth-order valence-corrected chi connectivity index (χ4v) is 4.22. The second-order valence-corrected chi connectivity index (χ2v) is 9.17. The maximum absolute atomic E-state index is 13.2. The minimum Gasteiger partial charge on any atom is -0.272 e. The van der Waals surface area contributed by atoms with Crippen molar-refractivity contribution in [2.45, 2.75) is 18.4 Å². The molecule has 0 saturated heterocycles. The van der Waals surface area contributed by atoms with Crippen LogP contribution in [0.25, 0.3) is 0 Å². The minimum atomic E-state index is -3.95. The van der Waals surface area contributed by atoms with Crippen molar-refractivity contribution in [2.24, 2.45) is 5.10 Å². The van der Waals surface area contributed by atoms with Crippen LogP contribution in [0.5, 0.6) is 0 Å². The number of carbonyl (C=O) groups excluding carboxylic acids is 1. The summed E-state index contributed by atoms with van der Waals surface area (Å²) in [6, 6.07) is 16.8. The zero-order valence-electron chi connectivity index (χ0n) is 16.8. The Labute approximate surface area is 186 Å². The van der Waals surface area contributed by atoms with Gasteiger partial charge in [-0.15, -0.1) is 0 Å². The van der Waals surface area contributed by atoms with Gasteiger partial charge in [0.1, 0.15) is 0 Å². The van der Waals surface area contributed by atoms with Crippen LogP contribution in [0.4, 0.5) is 0 Å². The van der Waals surface area contributed by atoms with Crippen LogP contribution in [-0.4, -0.2) is 36.4 Å². The van der Waals surface area contributed by atoms with Gasteiger partial charge in [-0.25, -0.2) is 13.8 Å². The van der Waals surface area contributed by atoms with Gasteiger partial charge in [-0.2, -0.15) is 9.41 Å². The molecule has 0 fully saturated rings. The molecule has 3 aromatic rings. The Kier molecular flexibility index (Phi) is 7.51. The number of aromatic nitrogens is 1. The van der Waals surface area contributed by atoms with E-state index in [0.29, 0.717) is 10.6 Å². The molecule has 1 amide bonds. The molecule has 1 heterocycles. The number of benzene rings is 2. The molecule has 0 unspecified atom stereocenters. The number of nitrogens with one attached hydrogen (secondary N) is 1. The molecule has 0 aliphatic rings. The van der Waals surface area contributed by atoms with E-state index in [1.54, 1.807) is 24.5 Å². The molecule has 2 aromatic carbocycles. The first-order valence-electron chi connectivity index (χ1n) is 9.38. The van der Waals surface area contributed by atoms with E-state index >= 15 is 0 Å². The highest BCUT2D eigenvalue weighted by Crippen LogP contribution is 2.20. The van der Waals surface area contributed by atoms with Gasteiger partial charge in [-0.1, -0.05) is 47.5 Å². The summed E-state index contributed by atoms with van der Waals surface area (Å²) in [5, 5.41) is 4.30. The molecule has 0 radical (unpaired) electrons. The summed E-state index contributed by atoms with van der Waals surface area (Å²) in [6.45, 7) is 1.58. The summed E-state index contributed by atoms with van der Waals surface area (Å²) in [6.07, 6.45) is 4.65. The number of pyridine rings is 1. The zero-order valence-corrected chi connectivity index (χ0v) is 18.3. The molecular formula is C22H21ClN4O3S. The fourth-order valence-electron chi connectivity index (χ4n) is 2.71. The van der Waals surface area contributed by atoms with Gasteiger partial charge < -0.3 is 0 Å². The lowest BCUT2D eigenvalue weighted by Crippen LogP contribution is -2.39. The van der Waals surface area contributed by atoms with Crippen LogP contribution in [0.15, 0.2) is 83.1 Å². The Balaban J connectivity index is 1.79. The third-order valence-electron chi connectivity index (χ3n) is 4.34. The predicted octanol–water partition coefficient (Wildman–Crippen LogP) is 3.38. The average Bonchev–Trinajstić information content (AvgIpc) is 2.76. The molecule has 3 rings (SSSR count). The Bertz CT molecular complexity index is 1150. The molecule has 7 nitrogen and oxygen atoms in total. The lowest BCUT2D eigenvalue weighted by Gasteiger charge is -2.21. The Morgan fingerprint density at radius 2 is 1.84 bits per heavy atom. The van der Waals surface area contributed by atoms with Gasteiger partial charge in [-0.05, 0) is 42.8 Å². The second-order valence-electron chi connectivity index (χ2n) is 6.79. The molecule has 0 aliphatic heterocycles. The van der Waals surface area contributed by atoms with Crippen LogP contribution in [0.3, 0.4) is 0 Å². The summed E-state index contributed by atoms with van der Waals surface area (Å²) in [5.74, 6) is -0.565. The van der Waals surface area contributed by atoms with Gasteiger partial charge in [0.25, 0.3) is 5.91 Å². The number of hydrogen-bond acceptors (Lipinski definition) is 5. The highest BCUT2D eigenvalue weighted by molar-refractivity contribution is 7.89. The van der Waals surface area contributed by atoms with Crippen LogP contribution in [0, 0.1) is 6.92 Å². The quantitative estimate of drug-likeness (QED) is 0.415. The molecular weight excluding hydrogens is 436 g/mol. The van der Waals surface area contributed by atoms with E-state index in [-0.39, 0.29) is 11.4 Å². The summed E-state index contributed by atoms with van der Waals surface area (Å²) < 4.78 is 27.5. The van der Waals surface area contributed by atoms with Crippen molar-refractivity contribution in [3.63, 3.8) is 0 Å². The lowest BCUT2D eigenvalue weighted by molar-refractivity contribution is -0.121. The van der Waals surface area contributed by atoms with E-state index in [0.717, 1.165) is 15.4 Å². The largest absolute Gasteiger partial charge is 0.272 e. The molecule has 0 spiro atoms. The molecule has 0 aliphatic carbocycles. The Morgan fingerprint density at radius 1 is 1.13 bits per heavy atom. The molecule has 1 N–H and O–H groups in total. The van der Waals surface area contributed by atoms with E-state index in [9.17, 15) is 13.2 Å². The SMILES string of the molecule is Cc1ccc(CN(CC(=O)N/N=C\c2cccnc2)S(=O)(=O)c2ccc(Cl)cc2)cc1. The summed E-state index contributed by atoms with van der Waals surface area (Å²) >= 11 is 5.89. The first kappa shape index (κ1) is 22.6. The van der Waals surface area contributed by atoms with E-state index in [1.165, 1.54) is 30.5 Å². The normalized spacial score (nSPS) is 11.7. The number of carbonyl (C=O) groups is 1. The number of amides is 1. The van der Waals surface area contributed by atoms with Crippen molar-refractivity contribution in [1.29, 1.82) is 0 Å². The lowest BCUT2D eigenvalue weighted by atomic mass is 10.1. The molecule has 9 heteroatoms. The van der Waals surface area contributed by atoms with Crippen LogP contribution in [0.2, 0.25) is 5.02 Å². The fraction of sp³-hybridized carbons (Fsp3) is 0.136. The van der Waals surface area contributed by atoms with Gasteiger partial charge in [0.05, 0.1) is 17.7 Å². The first-order valence-corrected chi connectivity index (χ1v) is 11.2. The maximum atomic E-state index is 13.2. The number of halogens is 1. The molecule has 1 aromatic heterocycles. The smallest absolute Gasteiger partial charge is 0.255 e. The topological polar surface area (TPSA) is 91.7 Å². The van der Waals surface area contributed by atoms with Crippen molar-refractivity contribution in [1.82, 2.24) is 14.7 Å². The number of sulfonamides is 1. The second kappa shape index (κ2) is 10.3. The minimum absolute atomic E-state index is 0.0327. The first-order chi connectivity index (χ1) is 14.8. The van der Waals surface area contributed by atoms with Crippen molar-refractivity contribution < 1.29 is 13.2 Å². The van der Waals surface area contributed by atoms with Crippen LogP contribution < -0.4 is 5.43 Å². The third-order valence-corrected chi connectivity index (χ3v) is 6.40. The molecule has 0 bridgehead atoms. The third kappa shape index (κ3) is 6.45. The van der Waals surface area contributed by atoms with Gasteiger partial charge >= 0.3 is 0 Å². The molecule has 31 heavy (non-hydrogen) atoms. The van der Waals surface area contributed by atoms with Gasteiger partial charge in [-0.3, -0.25) is 9.78 Å². The van der Waals surface area contributed by atoms with Crippen molar-refractivity contribution in [2.75, 3.05) is 6.54 Å². The van der Waals surface area contributed by atoms with E-state index in [2.05, 4.69) is 15.5 Å². The Morgan fingerprint density at radius 3 is 2.48 bits per heavy atom. The highest BCUT2D eigenvalue weighted by atomic mass is 35.5.